The van der Waals surface area contributed by atoms with Crippen LogP contribution in [0.15, 0.2) is 4.52 Å². The lowest BCUT2D eigenvalue weighted by atomic mass is 10.3. The molecule has 1 unspecified atom stereocenters. The summed E-state index contributed by atoms with van der Waals surface area (Å²) in [6.07, 6.45) is -4.21. The maximum atomic E-state index is 11.8. The third-order valence-electron chi connectivity index (χ3n) is 1.88. The van der Waals surface area contributed by atoms with Gasteiger partial charge in [0.05, 0.1) is 13.2 Å². The second kappa shape index (κ2) is 6.66. The number of hydrogen-bond acceptors (Lipinski definition) is 6. The molecule has 0 aliphatic heterocycles. The predicted octanol–water partition coefficient (Wildman–Crippen LogP) is 0.837. The van der Waals surface area contributed by atoms with Crippen LogP contribution in [0.5, 0.6) is 0 Å². The Balaban J connectivity index is 2.31. The Kier molecular flexibility index (Phi) is 5.51. The van der Waals surface area contributed by atoms with E-state index in [1.165, 1.54) is 7.11 Å². The number of methoxy groups -OCH3 is 1. The SMILES string of the molecule is COCC(N)c1nc(CCOCC(F)(F)F)no1. The summed E-state index contributed by atoms with van der Waals surface area (Å²) in [6.45, 7) is -1.22. The highest BCUT2D eigenvalue weighted by atomic mass is 19.4. The van der Waals surface area contributed by atoms with E-state index in [0.717, 1.165) is 0 Å². The molecule has 0 amide bonds. The van der Waals surface area contributed by atoms with Gasteiger partial charge in [0, 0.05) is 13.5 Å². The van der Waals surface area contributed by atoms with E-state index < -0.39 is 18.8 Å². The second-order valence-electron chi connectivity index (χ2n) is 3.53. The van der Waals surface area contributed by atoms with Gasteiger partial charge in [-0.05, 0) is 0 Å². The van der Waals surface area contributed by atoms with Crippen LogP contribution in [0.25, 0.3) is 0 Å². The van der Waals surface area contributed by atoms with Crippen LogP contribution in [0.4, 0.5) is 13.2 Å². The molecule has 0 aliphatic rings. The lowest BCUT2D eigenvalue weighted by Crippen LogP contribution is -2.18. The van der Waals surface area contributed by atoms with Crippen LogP contribution in [0.2, 0.25) is 0 Å². The molecule has 6 nitrogen and oxygen atoms in total. The van der Waals surface area contributed by atoms with Crippen LogP contribution in [0.1, 0.15) is 17.8 Å². The van der Waals surface area contributed by atoms with Gasteiger partial charge in [-0.2, -0.15) is 18.2 Å². The summed E-state index contributed by atoms with van der Waals surface area (Å²) in [7, 11) is 1.47. The van der Waals surface area contributed by atoms with Crippen molar-refractivity contribution in [3.63, 3.8) is 0 Å². The van der Waals surface area contributed by atoms with Gasteiger partial charge in [0.15, 0.2) is 5.82 Å². The number of nitrogens with two attached hydrogens (primary N) is 1. The number of halogens is 3. The maximum Gasteiger partial charge on any atom is 0.411 e. The number of aromatic nitrogens is 2. The molecule has 0 saturated heterocycles. The van der Waals surface area contributed by atoms with Crippen molar-refractivity contribution in [3.05, 3.63) is 11.7 Å². The molecule has 0 spiro atoms. The van der Waals surface area contributed by atoms with E-state index in [-0.39, 0.29) is 31.3 Å². The van der Waals surface area contributed by atoms with Crippen molar-refractivity contribution in [1.82, 2.24) is 10.1 Å². The third kappa shape index (κ3) is 5.43. The lowest BCUT2D eigenvalue weighted by Gasteiger charge is -2.05. The Morgan fingerprint density at radius 1 is 1.44 bits per heavy atom. The fourth-order valence-electron chi connectivity index (χ4n) is 1.12. The Labute approximate surface area is 101 Å². The molecular formula is C9H14F3N3O3. The van der Waals surface area contributed by atoms with E-state index in [0.29, 0.717) is 0 Å². The Morgan fingerprint density at radius 2 is 2.17 bits per heavy atom. The first kappa shape index (κ1) is 14.9. The fourth-order valence-corrected chi connectivity index (χ4v) is 1.12. The van der Waals surface area contributed by atoms with Crippen molar-refractivity contribution in [2.75, 3.05) is 26.9 Å². The molecule has 0 saturated carbocycles. The van der Waals surface area contributed by atoms with E-state index >= 15 is 0 Å². The van der Waals surface area contributed by atoms with Gasteiger partial charge in [0.2, 0.25) is 5.89 Å². The standard InChI is InChI=1S/C9H14F3N3O3/c1-16-4-6(13)8-14-7(15-18-8)2-3-17-5-9(10,11)12/h6H,2-5,13H2,1H3. The average Bonchev–Trinajstić information content (AvgIpc) is 2.72. The molecule has 1 aromatic rings. The minimum atomic E-state index is -4.33. The summed E-state index contributed by atoms with van der Waals surface area (Å²) < 4.78 is 49.4. The molecule has 1 aromatic heterocycles. The third-order valence-corrected chi connectivity index (χ3v) is 1.88. The molecule has 2 N–H and O–H groups in total. The molecule has 1 rings (SSSR count). The minimum Gasteiger partial charge on any atom is -0.383 e. The molecule has 104 valence electrons. The summed E-state index contributed by atoms with van der Waals surface area (Å²) in [4.78, 5) is 3.92. The monoisotopic (exact) mass is 269 g/mol. The largest absolute Gasteiger partial charge is 0.411 e. The van der Waals surface area contributed by atoms with Crippen molar-refractivity contribution >= 4 is 0 Å². The molecule has 0 bridgehead atoms. The number of nitrogens with zero attached hydrogens (tertiary/aromatic N) is 2. The molecule has 18 heavy (non-hydrogen) atoms. The minimum absolute atomic E-state index is 0.124. The van der Waals surface area contributed by atoms with Gasteiger partial charge in [-0.3, -0.25) is 0 Å². The first-order chi connectivity index (χ1) is 8.42. The van der Waals surface area contributed by atoms with Gasteiger partial charge in [0.25, 0.3) is 0 Å². The summed E-state index contributed by atoms with van der Waals surface area (Å²) in [5.74, 6) is 0.432. The Morgan fingerprint density at radius 3 is 2.78 bits per heavy atom. The average molecular weight is 269 g/mol. The first-order valence-corrected chi connectivity index (χ1v) is 5.14. The van der Waals surface area contributed by atoms with E-state index in [4.69, 9.17) is 15.0 Å². The quantitative estimate of drug-likeness (QED) is 0.738. The highest BCUT2D eigenvalue weighted by Gasteiger charge is 2.27. The zero-order valence-corrected chi connectivity index (χ0v) is 9.74. The van der Waals surface area contributed by atoms with Crippen molar-refractivity contribution in [3.8, 4) is 0 Å². The van der Waals surface area contributed by atoms with Crippen LogP contribution in [0, 0.1) is 0 Å². The predicted molar refractivity (Wildman–Crippen MR) is 53.7 cm³/mol. The van der Waals surface area contributed by atoms with Crippen LogP contribution < -0.4 is 5.73 Å². The lowest BCUT2D eigenvalue weighted by molar-refractivity contribution is -0.173. The number of rotatable bonds is 7. The van der Waals surface area contributed by atoms with Gasteiger partial charge in [-0.15, -0.1) is 0 Å². The number of hydrogen-bond donors (Lipinski definition) is 1. The summed E-state index contributed by atoms with van der Waals surface area (Å²) in [5, 5.41) is 3.57. The van der Waals surface area contributed by atoms with Crippen LogP contribution in [-0.4, -0.2) is 43.2 Å². The molecule has 0 radical (unpaired) electrons. The zero-order valence-electron chi connectivity index (χ0n) is 9.74. The Hall–Kier alpha value is -1.19. The molecule has 0 aromatic carbocycles. The van der Waals surface area contributed by atoms with Gasteiger partial charge < -0.3 is 19.7 Å². The summed E-state index contributed by atoms with van der Waals surface area (Å²) in [5.41, 5.74) is 5.63. The normalized spacial score (nSPS) is 13.8. The van der Waals surface area contributed by atoms with Crippen molar-refractivity contribution < 1.29 is 27.2 Å². The summed E-state index contributed by atoms with van der Waals surface area (Å²) in [6, 6.07) is -0.549. The highest BCUT2D eigenvalue weighted by Crippen LogP contribution is 2.14. The van der Waals surface area contributed by atoms with Crippen molar-refractivity contribution in [2.24, 2.45) is 5.73 Å². The second-order valence-corrected chi connectivity index (χ2v) is 3.53. The summed E-state index contributed by atoms with van der Waals surface area (Å²) >= 11 is 0. The molecule has 1 heterocycles. The van der Waals surface area contributed by atoms with Gasteiger partial charge >= 0.3 is 6.18 Å². The molecule has 1 atom stereocenters. The van der Waals surface area contributed by atoms with Crippen LogP contribution in [-0.2, 0) is 15.9 Å². The topological polar surface area (TPSA) is 83.4 Å². The fraction of sp³-hybridized carbons (Fsp3) is 0.778. The van der Waals surface area contributed by atoms with Crippen LogP contribution >= 0.6 is 0 Å². The highest BCUT2D eigenvalue weighted by molar-refractivity contribution is 4.91. The molecule has 0 aliphatic carbocycles. The van der Waals surface area contributed by atoms with Gasteiger partial charge in [-0.25, -0.2) is 0 Å². The maximum absolute atomic E-state index is 11.8. The molecule has 0 fully saturated rings. The van der Waals surface area contributed by atoms with E-state index in [1.54, 1.807) is 0 Å². The first-order valence-electron chi connectivity index (χ1n) is 5.14. The van der Waals surface area contributed by atoms with Crippen LogP contribution in [0.3, 0.4) is 0 Å². The smallest absolute Gasteiger partial charge is 0.383 e. The molecule has 9 heteroatoms. The van der Waals surface area contributed by atoms with Crippen molar-refractivity contribution in [2.45, 2.75) is 18.6 Å². The van der Waals surface area contributed by atoms with E-state index in [1.807, 2.05) is 0 Å². The Bertz CT molecular complexity index is 356. The number of ether oxygens (including phenoxy) is 2. The van der Waals surface area contributed by atoms with Gasteiger partial charge in [-0.1, -0.05) is 5.16 Å². The van der Waals surface area contributed by atoms with Crippen molar-refractivity contribution in [1.29, 1.82) is 0 Å². The van der Waals surface area contributed by atoms with Gasteiger partial charge in [0.1, 0.15) is 12.6 Å². The van der Waals surface area contributed by atoms with E-state index in [9.17, 15) is 13.2 Å². The molecular weight excluding hydrogens is 255 g/mol. The number of alkyl halides is 3. The van der Waals surface area contributed by atoms with E-state index in [2.05, 4.69) is 14.9 Å². The zero-order chi connectivity index (χ0) is 13.6.